The summed E-state index contributed by atoms with van der Waals surface area (Å²) in [6.07, 6.45) is 1.17. The fourth-order valence-corrected chi connectivity index (χ4v) is 4.61. The number of aromatic nitrogens is 1. The highest BCUT2D eigenvalue weighted by molar-refractivity contribution is 7.81. The molecule has 1 aromatic heterocycles. The molecule has 4 aromatic rings. The van der Waals surface area contributed by atoms with Crippen LogP contribution in [0, 0.1) is 0 Å². The highest BCUT2D eigenvalue weighted by atomic mass is 32.1. The van der Waals surface area contributed by atoms with E-state index in [9.17, 15) is 29.4 Å². The lowest BCUT2D eigenvalue weighted by Gasteiger charge is -2.22. The van der Waals surface area contributed by atoms with E-state index in [1.165, 1.54) is 0 Å². The van der Waals surface area contributed by atoms with Crippen molar-refractivity contribution in [2.24, 2.45) is 0 Å². The second-order valence-electron chi connectivity index (χ2n) is 9.02. The van der Waals surface area contributed by atoms with Crippen molar-refractivity contribution in [1.82, 2.24) is 15.6 Å². The van der Waals surface area contributed by atoms with Gasteiger partial charge in [0.05, 0.1) is 11.7 Å². The Balaban J connectivity index is 1.43. The number of hydrogen-bond acceptors (Lipinski definition) is 5. The van der Waals surface area contributed by atoms with Crippen LogP contribution in [0.4, 0.5) is 0 Å². The van der Waals surface area contributed by atoms with Gasteiger partial charge in [-0.2, -0.15) is 12.6 Å². The molecule has 0 saturated carbocycles. The molecule has 0 fully saturated rings. The van der Waals surface area contributed by atoms with Crippen LogP contribution in [-0.2, 0) is 32.0 Å². The van der Waals surface area contributed by atoms with Crippen molar-refractivity contribution >= 4 is 58.1 Å². The topological polar surface area (TPSA) is 149 Å². The van der Waals surface area contributed by atoms with Gasteiger partial charge in [0.2, 0.25) is 11.8 Å². The number of carbonyl (C=O) groups is 4. The van der Waals surface area contributed by atoms with Gasteiger partial charge in [0.15, 0.2) is 0 Å². The fraction of sp³-hybridized carbons (Fsp3) is 0.214. The second kappa shape index (κ2) is 11.8. The number of nitrogens with one attached hydrogen (secondary N) is 3. The number of aromatic amines is 1. The van der Waals surface area contributed by atoms with Gasteiger partial charge in [-0.1, -0.05) is 60.7 Å². The predicted molar refractivity (Wildman–Crippen MR) is 146 cm³/mol. The Morgan fingerprint density at radius 2 is 1.50 bits per heavy atom. The Morgan fingerprint density at radius 1 is 0.816 bits per heavy atom. The van der Waals surface area contributed by atoms with E-state index in [2.05, 4.69) is 28.2 Å². The Labute approximate surface area is 223 Å². The van der Waals surface area contributed by atoms with Crippen molar-refractivity contribution in [2.75, 3.05) is 0 Å². The van der Waals surface area contributed by atoms with E-state index in [-0.39, 0.29) is 12.8 Å². The van der Waals surface area contributed by atoms with Gasteiger partial charge < -0.3 is 25.8 Å². The first-order valence-corrected chi connectivity index (χ1v) is 12.5. The molecule has 0 saturated heterocycles. The van der Waals surface area contributed by atoms with Crippen molar-refractivity contribution in [3.63, 3.8) is 0 Å². The molecule has 0 bridgehead atoms. The van der Waals surface area contributed by atoms with Crippen molar-refractivity contribution < 1.29 is 29.4 Å². The summed E-state index contributed by atoms with van der Waals surface area (Å²) in [5, 5.41) is 25.9. The van der Waals surface area contributed by atoms with Crippen LogP contribution in [0.15, 0.2) is 72.9 Å². The van der Waals surface area contributed by atoms with Crippen molar-refractivity contribution in [3.8, 4) is 0 Å². The van der Waals surface area contributed by atoms with Gasteiger partial charge in [-0.25, -0.2) is 4.79 Å². The highest BCUT2D eigenvalue weighted by Crippen LogP contribution is 2.20. The summed E-state index contributed by atoms with van der Waals surface area (Å²) in [5.74, 6) is -4.14. The van der Waals surface area contributed by atoms with Crippen LogP contribution in [0.1, 0.15) is 17.5 Å². The molecule has 0 aliphatic carbocycles. The van der Waals surface area contributed by atoms with Crippen LogP contribution in [0.2, 0.25) is 0 Å². The van der Waals surface area contributed by atoms with Gasteiger partial charge in [0.25, 0.3) is 0 Å². The molecule has 1 unspecified atom stereocenters. The summed E-state index contributed by atoms with van der Waals surface area (Å²) in [7, 11) is 0. The zero-order chi connectivity index (χ0) is 27.2. The molecule has 0 radical (unpaired) electrons. The minimum absolute atomic E-state index is 0.0318. The maximum Gasteiger partial charge on any atom is 0.326 e. The second-order valence-corrected chi connectivity index (χ2v) is 9.65. The Hall–Kier alpha value is -4.31. The van der Waals surface area contributed by atoms with Crippen molar-refractivity contribution in [3.05, 3.63) is 84.1 Å². The molecule has 0 aliphatic heterocycles. The average Bonchev–Trinajstić information content (AvgIpc) is 3.30. The normalized spacial score (nSPS) is 13.5. The quantitative estimate of drug-likeness (QED) is 0.163. The van der Waals surface area contributed by atoms with Crippen LogP contribution < -0.4 is 10.6 Å². The lowest BCUT2D eigenvalue weighted by atomic mass is 10.0. The summed E-state index contributed by atoms with van der Waals surface area (Å²) in [5.41, 5.74) is 2.35. The molecular formula is C28H27N3O6S. The van der Waals surface area contributed by atoms with Gasteiger partial charge in [-0.05, 0) is 34.4 Å². The number of H-pyrrole nitrogens is 1. The first-order chi connectivity index (χ1) is 18.2. The molecule has 0 aliphatic rings. The molecular weight excluding hydrogens is 506 g/mol. The first-order valence-electron chi connectivity index (χ1n) is 12.0. The Kier molecular flexibility index (Phi) is 8.32. The standard InChI is InChI=1S/C28H27N3O6S/c32-25(33)14-22(30-27(35)24(38)12-16-9-10-17-5-1-2-6-18(17)11-16)26(34)31-23(28(36)37)13-19-15-29-21-8-4-3-7-20(19)21/h1-11,15,22-24,29,38H,12-14H2,(H,30,35)(H,31,34)(H,32,33)(H,36,37)/t22?,23-,24-/m0/s1. The first kappa shape index (κ1) is 26.7. The minimum Gasteiger partial charge on any atom is -0.481 e. The maximum absolute atomic E-state index is 13.0. The van der Waals surface area contributed by atoms with Gasteiger partial charge in [-0.15, -0.1) is 0 Å². The highest BCUT2D eigenvalue weighted by Gasteiger charge is 2.30. The summed E-state index contributed by atoms with van der Waals surface area (Å²) >= 11 is 4.37. The lowest BCUT2D eigenvalue weighted by Crippen LogP contribution is -2.54. The Bertz CT molecular complexity index is 1500. The maximum atomic E-state index is 13.0. The molecule has 196 valence electrons. The van der Waals surface area contributed by atoms with Crippen LogP contribution in [-0.4, -0.2) is 56.3 Å². The predicted octanol–water partition coefficient (Wildman–Crippen LogP) is 2.93. The zero-order valence-electron chi connectivity index (χ0n) is 20.3. The number of thiol groups is 1. The Morgan fingerprint density at radius 3 is 2.24 bits per heavy atom. The minimum atomic E-state index is -1.48. The summed E-state index contributed by atoms with van der Waals surface area (Å²) in [6.45, 7) is 0. The van der Waals surface area contributed by atoms with Crippen LogP contribution in [0.3, 0.4) is 0 Å². The largest absolute Gasteiger partial charge is 0.481 e. The zero-order valence-corrected chi connectivity index (χ0v) is 21.2. The third-order valence-corrected chi connectivity index (χ3v) is 6.69. The van der Waals surface area contributed by atoms with E-state index in [0.29, 0.717) is 5.56 Å². The fourth-order valence-electron chi connectivity index (χ4n) is 4.33. The smallest absolute Gasteiger partial charge is 0.326 e. The monoisotopic (exact) mass is 533 g/mol. The summed E-state index contributed by atoms with van der Waals surface area (Å²) in [4.78, 5) is 52.2. The van der Waals surface area contributed by atoms with E-state index < -0.39 is 47.5 Å². The van der Waals surface area contributed by atoms with Gasteiger partial charge in [0, 0.05) is 23.5 Å². The molecule has 3 atom stereocenters. The van der Waals surface area contributed by atoms with Crippen LogP contribution in [0.5, 0.6) is 0 Å². The number of fused-ring (bicyclic) bond motifs is 2. The number of benzene rings is 3. The van der Waals surface area contributed by atoms with E-state index in [1.54, 1.807) is 6.20 Å². The number of carbonyl (C=O) groups excluding carboxylic acids is 2. The molecule has 2 amide bonds. The lowest BCUT2D eigenvalue weighted by molar-refractivity contribution is -0.143. The molecule has 38 heavy (non-hydrogen) atoms. The van der Waals surface area contributed by atoms with E-state index >= 15 is 0 Å². The molecule has 10 heteroatoms. The van der Waals surface area contributed by atoms with E-state index in [0.717, 1.165) is 27.2 Å². The summed E-state index contributed by atoms with van der Waals surface area (Å²) < 4.78 is 0. The number of rotatable bonds is 11. The van der Waals surface area contributed by atoms with E-state index in [4.69, 9.17) is 0 Å². The van der Waals surface area contributed by atoms with E-state index in [1.807, 2.05) is 66.7 Å². The molecule has 4 rings (SSSR count). The van der Waals surface area contributed by atoms with Crippen LogP contribution >= 0.6 is 12.6 Å². The molecule has 0 spiro atoms. The number of para-hydroxylation sites is 1. The number of hydrogen-bond donors (Lipinski definition) is 6. The SMILES string of the molecule is O=C(O)CC(NC(=O)[C@@H](S)Cc1ccc2ccccc2c1)C(=O)N[C@@H](Cc1c[nH]c2ccccc12)C(=O)O. The van der Waals surface area contributed by atoms with Crippen molar-refractivity contribution in [1.29, 1.82) is 0 Å². The third-order valence-electron chi connectivity index (χ3n) is 6.27. The summed E-state index contributed by atoms with van der Waals surface area (Å²) in [6, 6.07) is 18.0. The molecule has 3 aromatic carbocycles. The number of carboxylic acid groups (broad SMARTS) is 2. The number of carboxylic acids is 2. The third kappa shape index (κ3) is 6.51. The molecule has 1 heterocycles. The number of aliphatic carboxylic acids is 2. The number of amides is 2. The van der Waals surface area contributed by atoms with Gasteiger partial charge in [-0.3, -0.25) is 14.4 Å². The van der Waals surface area contributed by atoms with Crippen molar-refractivity contribution in [2.45, 2.75) is 36.6 Å². The molecule has 9 nitrogen and oxygen atoms in total. The van der Waals surface area contributed by atoms with Gasteiger partial charge in [0.1, 0.15) is 12.1 Å². The van der Waals surface area contributed by atoms with Gasteiger partial charge >= 0.3 is 11.9 Å². The average molecular weight is 534 g/mol. The molecule has 5 N–H and O–H groups in total. The van der Waals surface area contributed by atoms with Crippen LogP contribution in [0.25, 0.3) is 21.7 Å².